The van der Waals surface area contributed by atoms with Crippen molar-refractivity contribution < 1.29 is 9.60 Å². The molecule has 1 fully saturated rings. The molecule has 2 aliphatic carbocycles. The molecule has 0 amide bonds. The number of benzene rings is 1. The molecule has 4 heteroatoms. The Morgan fingerprint density at radius 1 is 1.20 bits per heavy atom. The highest BCUT2D eigenvalue weighted by molar-refractivity contribution is 6.32. The van der Waals surface area contributed by atoms with Gasteiger partial charge in [-0.1, -0.05) is 41.2 Å². The first-order valence-corrected chi connectivity index (χ1v) is 7.48. The SMILES string of the molecule is ON=C1CCC(C2CCCC2)=C1c1ccc(F)c(Cl)c1. The minimum atomic E-state index is -0.418. The van der Waals surface area contributed by atoms with E-state index < -0.39 is 5.82 Å². The molecule has 0 radical (unpaired) electrons. The normalized spacial score (nSPS) is 22.2. The topological polar surface area (TPSA) is 32.6 Å². The lowest BCUT2D eigenvalue weighted by Gasteiger charge is -2.14. The number of nitrogens with zero attached hydrogens (tertiary/aromatic N) is 1. The Morgan fingerprint density at radius 2 is 1.95 bits per heavy atom. The molecule has 20 heavy (non-hydrogen) atoms. The van der Waals surface area contributed by atoms with Gasteiger partial charge in [-0.2, -0.15) is 0 Å². The van der Waals surface area contributed by atoms with E-state index in [0.29, 0.717) is 11.6 Å². The number of allylic oxidation sites excluding steroid dienone is 2. The molecule has 106 valence electrons. The Morgan fingerprint density at radius 3 is 2.60 bits per heavy atom. The molecule has 0 heterocycles. The lowest BCUT2D eigenvalue weighted by atomic mass is 9.91. The molecule has 2 aliphatic rings. The van der Waals surface area contributed by atoms with Crippen molar-refractivity contribution in [1.82, 2.24) is 0 Å². The van der Waals surface area contributed by atoms with Crippen LogP contribution in [-0.4, -0.2) is 10.9 Å². The van der Waals surface area contributed by atoms with E-state index in [1.165, 1.54) is 37.3 Å². The Hall–Kier alpha value is -1.35. The summed E-state index contributed by atoms with van der Waals surface area (Å²) >= 11 is 5.89. The van der Waals surface area contributed by atoms with Crippen molar-refractivity contribution in [3.63, 3.8) is 0 Å². The summed E-state index contributed by atoms with van der Waals surface area (Å²) in [4.78, 5) is 0. The molecular formula is C16H17ClFNO. The molecule has 0 saturated heterocycles. The summed E-state index contributed by atoms with van der Waals surface area (Å²) in [5.41, 5.74) is 3.91. The van der Waals surface area contributed by atoms with Crippen LogP contribution in [0.1, 0.15) is 44.1 Å². The largest absolute Gasteiger partial charge is 0.411 e. The van der Waals surface area contributed by atoms with Crippen molar-refractivity contribution in [1.29, 1.82) is 0 Å². The second kappa shape index (κ2) is 5.57. The quantitative estimate of drug-likeness (QED) is 0.601. The second-order valence-electron chi connectivity index (χ2n) is 5.56. The zero-order valence-corrected chi connectivity index (χ0v) is 12.0. The van der Waals surface area contributed by atoms with E-state index in [2.05, 4.69) is 5.16 Å². The summed E-state index contributed by atoms with van der Waals surface area (Å²) in [5.74, 6) is 0.159. The molecular weight excluding hydrogens is 277 g/mol. The molecule has 0 spiro atoms. The summed E-state index contributed by atoms with van der Waals surface area (Å²) in [6.45, 7) is 0. The predicted octanol–water partition coefficient (Wildman–Crippen LogP) is 5.05. The van der Waals surface area contributed by atoms with Crippen LogP contribution >= 0.6 is 11.6 Å². The molecule has 1 saturated carbocycles. The van der Waals surface area contributed by atoms with Crippen LogP contribution in [0.15, 0.2) is 28.9 Å². The van der Waals surface area contributed by atoms with Crippen molar-refractivity contribution >= 4 is 22.9 Å². The van der Waals surface area contributed by atoms with Crippen molar-refractivity contribution in [2.75, 3.05) is 0 Å². The third-order valence-corrected chi connectivity index (χ3v) is 4.71. The fourth-order valence-electron chi connectivity index (χ4n) is 3.47. The van der Waals surface area contributed by atoms with Crippen LogP contribution in [0.25, 0.3) is 5.57 Å². The summed E-state index contributed by atoms with van der Waals surface area (Å²) < 4.78 is 13.3. The first-order chi connectivity index (χ1) is 9.70. The molecule has 2 nitrogen and oxygen atoms in total. The van der Waals surface area contributed by atoms with Gasteiger partial charge in [-0.3, -0.25) is 0 Å². The minimum absolute atomic E-state index is 0.116. The third-order valence-electron chi connectivity index (χ3n) is 4.42. The molecule has 0 aromatic heterocycles. The van der Waals surface area contributed by atoms with Crippen molar-refractivity contribution in [2.45, 2.75) is 38.5 Å². The second-order valence-corrected chi connectivity index (χ2v) is 5.96. The molecule has 0 atom stereocenters. The summed E-state index contributed by atoms with van der Waals surface area (Å²) in [7, 11) is 0. The predicted molar refractivity (Wildman–Crippen MR) is 78.7 cm³/mol. The van der Waals surface area contributed by atoms with Gasteiger partial charge in [-0.05, 0) is 49.3 Å². The van der Waals surface area contributed by atoms with Crippen molar-refractivity contribution in [3.8, 4) is 0 Å². The van der Waals surface area contributed by atoms with E-state index >= 15 is 0 Å². The van der Waals surface area contributed by atoms with Crippen LogP contribution in [0.3, 0.4) is 0 Å². The number of hydrogen-bond acceptors (Lipinski definition) is 2. The van der Waals surface area contributed by atoms with Crippen LogP contribution in [-0.2, 0) is 0 Å². The number of rotatable bonds is 2. The van der Waals surface area contributed by atoms with Crippen LogP contribution in [0.2, 0.25) is 5.02 Å². The average Bonchev–Trinajstić information content (AvgIpc) is 3.09. The first kappa shape index (κ1) is 13.6. The van der Waals surface area contributed by atoms with Gasteiger partial charge in [0.15, 0.2) is 0 Å². The highest BCUT2D eigenvalue weighted by atomic mass is 35.5. The molecule has 1 N–H and O–H groups in total. The van der Waals surface area contributed by atoms with E-state index in [9.17, 15) is 9.60 Å². The Balaban J connectivity index is 2.08. The highest BCUT2D eigenvalue weighted by Gasteiger charge is 2.30. The number of oxime groups is 1. The molecule has 1 aromatic rings. The maximum atomic E-state index is 13.3. The average molecular weight is 294 g/mol. The van der Waals surface area contributed by atoms with Gasteiger partial charge in [0, 0.05) is 5.57 Å². The van der Waals surface area contributed by atoms with E-state index in [4.69, 9.17) is 11.6 Å². The molecule has 0 aliphatic heterocycles. The zero-order chi connectivity index (χ0) is 14.1. The summed E-state index contributed by atoms with van der Waals surface area (Å²) in [6, 6.07) is 4.74. The van der Waals surface area contributed by atoms with Gasteiger partial charge in [0.25, 0.3) is 0 Å². The van der Waals surface area contributed by atoms with Crippen molar-refractivity contribution in [2.24, 2.45) is 11.1 Å². The zero-order valence-electron chi connectivity index (χ0n) is 11.2. The molecule has 0 bridgehead atoms. The lowest BCUT2D eigenvalue weighted by Crippen LogP contribution is -2.02. The van der Waals surface area contributed by atoms with Crippen LogP contribution in [0, 0.1) is 11.7 Å². The molecule has 0 unspecified atom stereocenters. The van der Waals surface area contributed by atoms with E-state index in [1.54, 1.807) is 12.1 Å². The van der Waals surface area contributed by atoms with Crippen LogP contribution < -0.4 is 0 Å². The van der Waals surface area contributed by atoms with E-state index in [-0.39, 0.29) is 5.02 Å². The van der Waals surface area contributed by atoms with E-state index in [0.717, 1.165) is 24.0 Å². The summed E-state index contributed by atoms with van der Waals surface area (Å²) in [6.07, 6.45) is 6.62. The fraction of sp³-hybridized carbons (Fsp3) is 0.438. The lowest BCUT2D eigenvalue weighted by molar-refractivity contribution is 0.319. The maximum absolute atomic E-state index is 13.3. The van der Waals surface area contributed by atoms with Crippen molar-refractivity contribution in [3.05, 3.63) is 40.2 Å². The van der Waals surface area contributed by atoms with Gasteiger partial charge in [0.2, 0.25) is 0 Å². The molecule has 3 rings (SSSR count). The Kier molecular flexibility index (Phi) is 3.79. The minimum Gasteiger partial charge on any atom is -0.411 e. The van der Waals surface area contributed by atoms with Gasteiger partial charge >= 0.3 is 0 Å². The van der Waals surface area contributed by atoms with Gasteiger partial charge in [0.05, 0.1) is 10.7 Å². The Bertz CT molecular complexity index is 588. The van der Waals surface area contributed by atoms with E-state index in [1.807, 2.05) is 0 Å². The summed E-state index contributed by atoms with van der Waals surface area (Å²) in [5, 5.41) is 12.8. The van der Waals surface area contributed by atoms with Gasteiger partial charge in [-0.15, -0.1) is 0 Å². The first-order valence-electron chi connectivity index (χ1n) is 7.10. The number of halogens is 2. The van der Waals surface area contributed by atoms with Gasteiger partial charge in [-0.25, -0.2) is 4.39 Å². The Labute approximate surface area is 122 Å². The maximum Gasteiger partial charge on any atom is 0.141 e. The highest BCUT2D eigenvalue weighted by Crippen LogP contribution is 2.42. The third kappa shape index (κ3) is 2.35. The monoisotopic (exact) mass is 293 g/mol. The molecule has 1 aromatic carbocycles. The standard InChI is InChI=1S/C16H17ClFNO/c17-13-9-11(5-7-14(13)18)16-12(6-8-15(16)19-20)10-3-1-2-4-10/h5,7,9-10,20H,1-4,6,8H2. The van der Waals surface area contributed by atoms with Crippen LogP contribution in [0.5, 0.6) is 0 Å². The van der Waals surface area contributed by atoms with Gasteiger partial charge in [0.1, 0.15) is 5.82 Å². The van der Waals surface area contributed by atoms with Gasteiger partial charge < -0.3 is 5.21 Å². The smallest absolute Gasteiger partial charge is 0.141 e. The number of hydrogen-bond donors (Lipinski definition) is 1. The fourth-order valence-corrected chi connectivity index (χ4v) is 3.66. The van der Waals surface area contributed by atoms with Crippen LogP contribution in [0.4, 0.5) is 4.39 Å².